The van der Waals surface area contributed by atoms with Crippen LogP contribution in [0.3, 0.4) is 0 Å². The SMILES string of the molecule is NNC(=O)CSc1nc2scc(-c3ccccc3)c2c(=O)[nH]1. The Morgan fingerprint density at radius 3 is 2.86 bits per heavy atom. The summed E-state index contributed by atoms with van der Waals surface area (Å²) >= 11 is 2.54. The van der Waals surface area contributed by atoms with Crippen molar-refractivity contribution in [3.05, 3.63) is 46.1 Å². The summed E-state index contributed by atoms with van der Waals surface area (Å²) in [6, 6.07) is 9.69. The predicted octanol–water partition coefficient (Wildman–Crippen LogP) is 1.73. The molecule has 0 aliphatic rings. The highest BCUT2D eigenvalue weighted by Gasteiger charge is 2.13. The minimum atomic E-state index is -0.330. The zero-order valence-corrected chi connectivity index (χ0v) is 13.0. The average Bonchev–Trinajstić information content (AvgIpc) is 2.98. The topological polar surface area (TPSA) is 101 Å². The number of nitrogens with two attached hydrogens (primary N) is 1. The molecule has 0 bridgehead atoms. The van der Waals surface area contributed by atoms with E-state index in [2.05, 4.69) is 9.97 Å². The van der Waals surface area contributed by atoms with E-state index in [0.717, 1.165) is 22.9 Å². The van der Waals surface area contributed by atoms with E-state index in [9.17, 15) is 9.59 Å². The van der Waals surface area contributed by atoms with Crippen molar-refractivity contribution in [1.29, 1.82) is 0 Å². The molecule has 0 fully saturated rings. The number of hydrogen-bond acceptors (Lipinski definition) is 6. The van der Waals surface area contributed by atoms with Crippen LogP contribution in [0.4, 0.5) is 0 Å². The largest absolute Gasteiger partial charge is 0.301 e. The molecule has 0 unspecified atom stereocenters. The Morgan fingerprint density at radius 2 is 2.14 bits per heavy atom. The smallest absolute Gasteiger partial charge is 0.260 e. The fourth-order valence-electron chi connectivity index (χ4n) is 2.00. The van der Waals surface area contributed by atoms with E-state index < -0.39 is 0 Å². The standard InChI is InChI=1S/C14H12N4O2S2/c15-18-10(19)7-22-14-16-12(20)11-9(6-21-13(11)17-14)8-4-2-1-3-5-8/h1-6H,7,15H2,(H,18,19)(H,16,17,20). The molecule has 0 aliphatic carbocycles. The second-order valence-corrected chi connectivity index (χ2v) is 6.24. The molecule has 2 aromatic heterocycles. The highest BCUT2D eigenvalue weighted by Crippen LogP contribution is 2.31. The van der Waals surface area contributed by atoms with Gasteiger partial charge in [0.05, 0.1) is 11.1 Å². The van der Waals surface area contributed by atoms with Crippen molar-refractivity contribution in [2.45, 2.75) is 5.16 Å². The van der Waals surface area contributed by atoms with Crippen molar-refractivity contribution >= 4 is 39.2 Å². The molecule has 6 nitrogen and oxygen atoms in total. The van der Waals surface area contributed by atoms with Gasteiger partial charge in [0.1, 0.15) is 4.83 Å². The lowest BCUT2D eigenvalue weighted by Gasteiger charge is -2.01. The first-order valence-electron chi connectivity index (χ1n) is 6.38. The molecule has 1 aromatic carbocycles. The molecule has 0 saturated heterocycles. The first-order valence-corrected chi connectivity index (χ1v) is 8.24. The Kier molecular flexibility index (Phi) is 4.23. The van der Waals surface area contributed by atoms with E-state index in [0.29, 0.717) is 15.4 Å². The Balaban J connectivity index is 2.00. The van der Waals surface area contributed by atoms with Gasteiger partial charge in [-0.2, -0.15) is 0 Å². The third-order valence-corrected chi connectivity index (χ3v) is 4.75. The normalized spacial score (nSPS) is 10.8. The highest BCUT2D eigenvalue weighted by molar-refractivity contribution is 7.99. The first kappa shape index (κ1) is 14.8. The molecule has 0 atom stereocenters. The number of thioether (sulfide) groups is 1. The van der Waals surface area contributed by atoms with Crippen LogP contribution in [0.15, 0.2) is 45.7 Å². The van der Waals surface area contributed by atoms with Gasteiger partial charge in [0, 0.05) is 10.9 Å². The van der Waals surface area contributed by atoms with Crippen molar-refractivity contribution in [3.8, 4) is 11.1 Å². The zero-order valence-electron chi connectivity index (χ0n) is 11.3. The van der Waals surface area contributed by atoms with Crippen molar-refractivity contribution < 1.29 is 4.79 Å². The number of carbonyl (C=O) groups is 1. The maximum absolute atomic E-state index is 12.3. The van der Waals surface area contributed by atoms with Crippen LogP contribution in [-0.2, 0) is 4.79 Å². The molecular weight excluding hydrogens is 320 g/mol. The molecule has 112 valence electrons. The van der Waals surface area contributed by atoms with E-state index in [1.54, 1.807) is 0 Å². The fraction of sp³-hybridized carbons (Fsp3) is 0.0714. The van der Waals surface area contributed by atoms with Crippen LogP contribution in [-0.4, -0.2) is 21.6 Å². The molecular formula is C14H12N4O2S2. The number of aromatic amines is 1. The van der Waals surface area contributed by atoms with Crippen LogP contribution in [0.5, 0.6) is 0 Å². The van der Waals surface area contributed by atoms with Crippen LogP contribution in [0, 0.1) is 0 Å². The number of benzene rings is 1. The molecule has 0 saturated carbocycles. The van der Waals surface area contributed by atoms with Crippen LogP contribution in [0.1, 0.15) is 0 Å². The fourth-order valence-corrected chi connectivity index (χ4v) is 3.68. The summed E-state index contributed by atoms with van der Waals surface area (Å²) in [5.41, 5.74) is 3.67. The van der Waals surface area contributed by atoms with Crippen molar-refractivity contribution in [2.24, 2.45) is 5.84 Å². The lowest BCUT2D eigenvalue weighted by Crippen LogP contribution is -2.31. The molecule has 0 radical (unpaired) electrons. The highest BCUT2D eigenvalue weighted by atomic mass is 32.2. The maximum atomic E-state index is 12.3. The Bertz CT molecular complexity index is 873. The molecule has 0 spiro atoms. The zero-order chi connectivity index (χ0) is 15.5. The number of nitrogens with zero attached hydrogens (tertiary/aromatic N) is 1. The van der Waals surface area contributed by atoms with E-state index in [1.165, 1.54) is 11.3 Å². The Morgan fingerprint density at radius 1 is 1.36 bits per heavy atom. The molecule has 4 N–H and O–H groups in total. The second kappa shape index (κ2) is 6.30. The first-order chi connectivity index (χ1) is 10.7. The van der Waals surface area contributed by atoms with E-state index >= 15 is 0 Å². The van der Waals surface area contributed by atoms with Gasteiger partial charge in [-0.05, 0) is 5.56 Å². The quantitative estimate of drug-likeness (QED) is 0.222. The molecule has 3 aromatic rings. The van der Waals surface area contributed by atoms with Gasteiger partial charge < -0.3 is 4.98 Å². The third kappa shape index (κ3) is 2.89. The van der Waals surface area contributed by atoms with E-state index in [1.807, 2.05) is 41.1 Å². The number of hydrazine groups is 1. The molecule has 3 rings (SSSR count). The molecule has 1 amide bonds. The number of H-pyrrole nitrogens is 1. The number of amides is 1. The summed E-state index contributed by atoms with van der Waals surface area (Å²) in [5.74, 6) is 4.79. The van der Waals surface area contributed by atoms with Crippen LogP contribution in [0.25, 0.3) is 21.3 Å². The minimum absolute atomic E-state index is 0.0991. The lowest BCUT2D eigenvalue weighted by atomic mass is 10.1. The number of aromatic nitrogens is 2. The van der Waals surface area contributed by atoms with Gasteiger partial charge in [-0.25, -0.2) is 10.8 Å². The van der Waals surface area contributed by atoms with Crippen molar-refractivity contribution in [1.82, 2.24) is 15.4 Å². The minimum Gasteiger partial charge on any atom is -0.301 e. The number of hydrogen-bond donors (Lipinski definition) is 3. The monoisotopic (exact) mass is 332 g/mol. The number of carbonyl (C=O) groups excluding carboxylic acids is 1. The summed E-state index contributed by atoms with van der Waals surface area (Å²) in [4.78, 5) is 31.2. The van der Waals surface area contributed by atoms with Gasteiger partial charge in [0.25, 0.3) is 5.56 Å². The molecule has 8 heteroatoms. The van der Waals surface area contributed by atoms with Gasteiger partial charge in [0.15, 0.2) is 5.16 Å². The van der Waals surface area contributed by atoms with Crippen molar-refractivity contribution in [2.75, 3.05) is 5.75 Å². The third-order valence-electron chi connectivity index (χ3n) is 3.01. The number of fused-ring (bicyclic) bond motifs is 1. The summed E-state index contributed by atoms with van der Waals surface area (Å²) in [7, 11) is 0. The Labute approximate surface area is 133 Å². The van der Waals surface area contributed by atoms with E-state index in [-0.39, 0.29) is 17.2 Å². The van der Waals surface area contributed by atoms with E-state index in [4.69, 9.17) is 5.84 Å². The van der Waals surface area contributed by atoms with Crippen LogP contribution in [0.2, 0.25) is 0 Å². The van der Waals surface area contributed by atoms with Crippen molar-refractivity contribution in [3.63, 3.8) is 0 Å². The van der Waals surface area contributed by atoms with Gasteiger partial charge in [-0.3, -0.25) is 15.0 Å². The summed E-state index contributed by atoms with van der Waals surface area (Å²) in [6.45, 7) is 0. The maximum Gasteiger partial charge on any atom is 0.260 e. The summed E-state index contributed by atoms with van der Waals surface area (Å²) < 4.78 is 0. The number of nitrogens with one attached hydrogen (secondary N) is 2. The van der Waals surface area contributed by atoms with Gasteiger partial charge in [0.2, 0.25) is 5.91 Å². The van der Waals surface area contributed by atoms with Crippen LogP contribution >= 0.6 is 23.1 Å². The molecule has 2 heterocycles. The summed E-state index contributed by atoms with van der Waals surface area (Å²) in [5, 5.41) is 2.90. The average molecular weight is 332 g/mol. The lowest BCUT2D eigenvalue weighted by molar-refractivity contribution is -0.118. The van der Waals surface area contributed by atoms with Gasteiger partial charge >= 0.3 is 0 Å². The van der Waals surface area contributed by atoms with Gasteiger partial charge in [-0.1, -0.05) is 42.1 Å². The van der Waals surface area contributed by atoms with Gasteiger partial charge in [-0.15, -0.1) is 11.3 Å². The van der Waals surface area contributed by atoms with Crippen LogP contribution < -0.4 is 16.8 Å². The number of thiophene rings is 1. The number of rotatable bonds is 4. The predicted molar refractivity (Wildman–Crippen MR) is 88.7 cm³/mol. The Hall–Kier alpha value is -2.16. The molecule has 0 aliphatic heterocycles. The summed E-state index contributed by atoms with van der Waals surface area (Å²) in [6.07, 6.45) is 0. The molecule has 22 heavy (non-hydrogen) atoms. The second-order valence-electron chi connectivity index (χ2n) is 4.42.